The summed E-state index contributed by atoms with van der Waals surface area (Å²) in [5.74, 6) is 1.02. The lowest BCUT2D eigenvalue weighted by Gasteiger charge is -2.11. The first-order valence-electron chi connectivity index (χ1n) is 7.55. The normalized spacial score (nSPS) is 13.3. The number of methoxy groups -OCH3 is 2. The van der Waals surface area contributed by atoms with Gasteiger partial charge in [0.05, 0.1) is 25.5 Å². The summed E-state index contributed by atoms with van der Waals surface area (Å²) in [6.45, 7) is 0.0875. The van der Waals surface area contributed by atoms with E-state index in [1.54, 1.807) is 24.3 Å². The first kappa shape index (κ1) is 17.2. The third kappa shape index (κ3) is 3.75. The van der Waals surface area contributed by atoms with Crippen LogP contribution in [-0.4, -0.2) is 28.5 Å². The molecular weight excluding hydrogens is 344 g/mol. The van der Waals surface area contributed by atoms with Gasteiger partial charge in [0.2, 0.25) is 15.9 Å². The molecule has 7 nitrogen and oxygen atoms in total. The number of nitrogens with one attached hydrogen (secondary N) is 2. The third-order valence-corrected chi connectivity index (χ3v) is 5.29. The molecule has 1 heterocycles. The minimum Gasteiger partial charge on any atom is -0.497 e. The van der Waals surface area contributed by atoms with Crippen molar-refractivity contribution >= 4 is 21.6 Å². The van der Waals surface area contributed by atoms with Gasteiger partial charge in [-0.1, -0.05) is 0 Å². The standard InChI is InChI=1S/C17H18N2O5S/c1-23-13-5-11(6-14(9-13)24-2)10-18-25(21,22)15-3-4-16-12(7-15)8-17(20)19-16/h3-7,9,18H,8,10H2,1-2H3,(H,19,20). The van der Waals surface area contributed by atoms with E-state index in [2.05, 4.69) is 10.0 Å². The van der Waals surface area contributed by atoms with Crippen LogP contribution in [0.25, 0.3) is 0 Å². The van der Waals surface area contributed by atoms with E-state index in [0.29, 0.717) is 28.3 Å². The fraction of sp³-hybridized carbons (Fsp3) is 0.235. The van der Waals surface area contributed by atoms with Crippen molar-refractivity contribution < 1.29 is 22.7 Å². The maximum atomic E-state index is 12.5. The first-order chi connectivity index (χ1) is 11.9. The van der Waals surface area contributed by atoms with E-state index in [1.807, 2.05) is 0 Å². The van der Waals surface area contributed by atoms with E-state index in [9.17, 15) is 13.2 Å². The highest BCUT2D eigenvalue weighted by Crippen LogP contribution is 2.26. The Morgan fingerprint density at radius 1 is 1.08 bits per heavy atom. The van der Waals surface area contributed by atoms with Crippen molar-refractivity contribution in [1.82, 2.24) is 4.72 Å². The molecule has 25 heavy (non-hydrogen) atoms. The second kappa shape index (κ2) is 6.73. The quantitative estimate of drug-likeness (QED) is 0.815. The number of benzene rings is 2. The zero-order valence-electron chi connectivity index (χ0n) is 13.8. The molecule has 0 saturated heterocycles. The zero-order valence-corrected chi connectivity index (χ0v) is 14.6. The third-order valence-electron chi connectivity index (χ3n) is 3.89. The zero-order chi connectivity index (χ0) is 18.0. The molecule has 0 unspecified atom stereocenters. The number of amides is 1. The predicted molar refractivity (Wildman–Crippen MR) is 92.3 cm³/mol. The molecule has 3 rings (SSSR count). The van der Waals surface area contributed by atoms with Crippen molar-refractivity contribution in [2.24, 2.45) is 0 Å². The number of carbonyl (C=O) groups excluding carboxylic acids is 1. The Morgan fingerprint density at radius 3 is 2.40 bits per heavy atom. The topological polar surface area (TPSA) is 93.7 Å². The second-order valence-corrected chi connectivity index (χ2v) is 7.36. The second-order valence-electron chi connectivity index (χ2n) is 5.59. The molecule has 1 amide bonds. The monoisotopic (exact) mass is 362 g/mol. The molecule has 2 aromatic carbocycles. The van der Waals surface area contributed by atoms with E-state index in [4.69, 9.17) is 9.47 Å². The largest absolute Gasteiger partial charge is 0.497 e. The van der Waals surface area contributed by atoms with Gasteiger partial charge in [-0.25, -0.2) is 13.1 Å². The van der Waals surface area contributed by atoms with Crippen molar-refractivity contribution in [2.45, 2.75) is 17.9 Å². The molecule has 0 spiro atoms. The summed E-state index contributed by atoms with van der Waals surface area (Å²) in [4.78, 5) is 11.5. The molecule has 0 saturated carbocycles. The Morgan fingerprint density at radius 2 is 1.76 bits per heavy atom. The molecule has 0 bridgehead atoms. The minimum atomic E-state index is -3.71. The van der Waals surface area contributed by atoms with Crippen LogP contribution in [-0.2, 0) is 27.8 Å². The number of hydrogen-bond acceptors (Lipinski definition) is 5. The van der Waals surface area contributed by atoms with Gasteiger partial charge in [-0.3, -0.25) is 4.79 Å². The Kier molecular flexibility index (Phi) is 4.65. The lowest BCUT2D eigenvalue weighted by Crippen LogP contribution is -2.23. The van der Waals surface area contributed by atoms with E-state index in [0.717, 1.165) is 0 Å². The van der Waals surface area contributed by atoms with Crippen molar-refractivity contribution in [3.05, 3.63) is 47.5 Å². The first-order valence-corrected chi connectivity index (χ1v) is 9.04. The molecule has 0 aliphatic carbocycles. The highest BCUT2D eigenvalue weighted by molar-refractivity contribution is 7.89. The van der Waals surface area contributed by atoms with Crippen LogP contribution < -0.4 is 19.5 Å². The lowest BCUT2D eigenvalue weighted by molar-refractivity contribution is -0.115. The maximum Gasteiger partial charge on any atom is 0.240 e. The molecule has 132 valence electrons. The number of anilines is 1. The van der Waals surface area contributed by atoms with Crippen LogP contribution in [0.2, 0.25) is 0 Å². The number of hydrogen-bond donors (Lipinski definition) is 2. The van der Waals surface area contributed by atoms with Gasteiger partial charge in [-0.2, -0.15) is 0 Å². The fourth-order valence-electron chi connectivity index (χ4n) is 2.60. The number of ether oxygens (including phenoxy) is 2. The molecule has 1 aliphatic rings. The Hall–Kier alpha value is -2.58. The predicted octanol–water partition coefficient (Wildman–Crippen LogP) is 1.68. The highest BCUT2D eigenvalue weighted by atomic mass is 32.2. The van der Waals surface area contributed by atoms with E-state index in [1.165, 1.54) is 26.4 Å². The van der Waals surface area contributed by atoms with Crippen LogP contribution >= 0.6 is 0 Å². The maximum absolute atomic E-state index is 12.5. The Bertz CT molecular complexity index is 902. The summed E-state index contributed by atoms with van der Waals surface area (Å²) < 4.78 is 37.9. The van der Waals surface area contributed by atoms with Crippen LogP contribution in [0.4, 0.5) is 5.69 Å². The molecule has 2 N–H and O–H groups in total. The highest BCUT2D eigenvalue weighted by Gasteiger charge is 2.21. The summed E-state index contributed by atoms with van der Waals surface area (Å²) in [5, 5.41) is 2.68. The fourth-order valence-corrected chi connectivity index (χ4v) is 3.67. The summed E-state index contributed by atoms with van der Waals surface area (Å²) in [6.07, 6.45) is 0.186. The molecule has 2 aromatic rings. The van der Waals surface area contributed by atoms with Crippen molar-refractivity contribution in [1.29, 1.82) is 0 Å². The van der Waals surface area contributed by atoms with E-state index < -0.39 is 10.0 Å². The van der Waals surface area contributed by atoms with Gasteiger partial charge >= 0.3 is 0 Å². The van der Waals surface area contributed by atoms with Gasteiger partial charge in [0.15, 0.2) is 0 Å². The smallest absolute Gasteiger partial charge is 0.240 e. The van der Waals surface area contributed by atoms with Gasteiger partial charge in [0.25, 0.3) is 0 Å². The van der Waals surface area contributed by atoms with Crippen molar-refractivity contribution in [2.75, 3.05) is 19.5 Å². The minimum absolute atomic E-state index is 0.0875. The molecule has 0 aromatic heterocycles. The van der Waals surface area contributed by atoms with Gasteiger partial charge in [-0.05, 0) is 41.5 Å². The van der Waals surface area contributed by atoms with Crippen molar-refractivity contribution in [3.8, 4) is 11.5 Å². The lowest BCUT2D eigenvalue weighted by atomic mass is 10.2. The number of rotatable bonds is 6. The van der Waals surface area contributed by atoms with Crippen LogP contribution in [0.15, 0.2) is 41.3 Å². The number of fused-ring (bicyclic) bond motifs is 1. The van der Waals surface area contributed by atoms with Crippen molar-refractivity contribution in [3.63, 3.8) is 0 Å². The Balaban J connectivity index is 1.79. The van der Waals surface area contributed by atoms with Crippen LogP contribution in [0.5, 0.6) is 11.5 Å². The van der Waals surface area contributed by atoms with Crippen LogP contribution in [0, 0.1) is 0 Å². The number of sulfonamides is 1. The summed E-state index contributed by atoms with van der Waals surface area (Å²) in [5.41, 5.74) is 2.04. The summed E-state index contributed by atoms with van der Waals surface area (Å²) in [7, 11) is -0.647. The Labute approximate surface area is 146 Å². The van der Waals surface area contributed by atoms with Gasteiger partial charge < -0.3 is 14.8 Å². The molecule has 0 radical (unpaired) electrons. The van der Waals surface area contributed by atoms with Crippen LogP contribution in [0.1, 0.15) is 11.1 Å². The van der Waals surface area contributed by atoms with Gasteiger partial charge in [0, 0.05) is 18.3 Å². The van der Waals surface area contributed by atoms with Crippen LogP contribution in [0.3, 0.4) is 0 Å². The molecule has 0 atom stereocenters. The SMILES string of the molecule is COc1cc(CNS(=O)(=O)c2ccc3c(c2)CC(=O)N3)cc(OC)c1. The molecule has 1 aliphatic heterocycles. The van der Waals surface area contributed by atoms with E-state index >= 15 is 0 Å². The average Bonchev–Trinajstić information content (AvgIpc) is 2.98. The van der Waals surface area contributed by atoms with E-state index in [-0.39, 0.29) is 23.8 Å². The van der Waals surface area contributed by atoms with Gasteiger partial charge in [-0.15, -0.1) is 0 Å². The summed E-state index contributed by atoms with van der Waals surface area (Å²) in [6, 6.07) is 9.76. The summed E-state index contributed by atoms with van der Waals surface area (Å²) >= 11 is 0. The molecular formula is C17H18N2O5S. The molecule has 8 heteroatoms. The average molecular weight is 362 g/mol. The van der Waals surface area contributed by atoms with Gasteiger partial charge in [0.1, 0.15) is 11.5 Å². The molecule has 0 fully saturated rings. The number of carbonyl (C=O) groups is 1.